The lowest BCUT2D eigenvalue weighted by Crippen LogP contribution is -2.38. The number of rotatable bonds is 1. The molecule has 1 saturated carbocycles. The van der Waals surface area contributed by atoms with E-state index in [1.807, 2.05) is 12.1 Å². The maximum atomic E-state index is 13.7. The first-order valence-corrected chi connectivity index (χ1v) is 12.4. The van der Waals surface area contributed by atoms with E-state index in [2.05, 4.69) is 55.6 Å². The van der Waals surface area contributed by atoms with Gasteiger partial charge in [-0.25, -0.2) is 0 Å². The standard InChI is InChI=1S/C30H28N2O2/c1-29-15-7-9-17(27(29)31-21-13-5-3-11-19(21)29)23-25(33)24(26(23)34)18-10-8-16-30(2)20-12-4-6-14-22(20)32-28(18)30/h3-6,11-14,31,33H,7-10,15-16H2,1-2H3/b24-18-. The van der Waals surface area contributed by atoms with E-state index in [4.69, 9.17) is 4.99 Å². The van der Waals surface area contributed by atoms with Crippen LogP contribution in [0.2, 0.25) is 0 Å². The fourth-order valence-electron chi connectivity index (χ4n) is 7.15. The number of hydrogen-bond acceptors (Lipinski definition) is 4. The van der Waals surface area contributed by atoms with Crippen LogP contribution in [0.1, 0.15) is 63.5 Å². The second kappa shape index (κ2) is 6.59. The number of nitrogens with one attached hydrogen (secondary N) is 1. The maximum absolute atomic E-state index is 13.7. The highest BCUT2D eigenvalue weighted by atomic mass is 16.3. The van der Waals surface area contributed by atoms with Gasteiger partial charge in [-0.1, -0.05) is 36.4 Å². The van der Waals surface area contributed by atoms with Crippen LogP contribution in [0.15, 0.2) is 87.3 Å². The fourth-order valence-corrected chi connectivity index (χ4v) is 7.15. The van der Waals surface area contributed by atoms with Crippen molar-refractivity contribution in [1.82, 2.24) is 0 Å². The Morgan fingerprint density at radius 1 is 0.853 bits per heavy atom. The Labute approximate surface area is 199 Å². The lowest BCUT2D eigenvalue weighted by atomic mass is 9.64. The minimum atomic E-state index is -0.187. The minimum Gasteiger partial charge on any atom is -0.506 e. The summed E-state index contributed by atoms with van der Waals surface area (Å²) in [6, 6.07) is 16.7. The molecule has 2 heterocycles. The largest absolute Gasteiger partial charge is 0.506 e. The molecule has 2 aromatic carbocycles. The Morgan fingerprint density at radius 3 is 2.32 bits per heavy atom. The summed E-state index contributed by atoms with van der Waals surface area (Å²) in [6.07, 6.45) is 5.64. The number of anilines is 1. The molecule has 5 aliphatic rings. The molecule has 0 bridgehead atoms. The third-order valence-corrected chi connectivity index (χ3v) is 8.91. The second-order valence-electron chi connectivity index (χ2n) is 10.8. The summed E-state index contributed by atoms with van der Waals surface area (Å²) in [7, 11) is 0. The Bertz CT molecular complexity index is 1440. The van der Waals surface area contributed by atoms with E-state index in [1.165, 1.54) is 11.1 Å². The van der Waals surface area contributed by atoms with Gasteiger partial charge in [0.05, 0.1) is 22.5 Å². The molecule has 34 heavy (non-hydrogen) atoms. The van der Waals surface area contributed by atoms with E-state index in [0.29, 0.717) is 11.1 Å². The van der Waals surface area contributed by atoms with Crippen molar-refractivity contribution >= 4 is 22.9 Å². The van der Waals surface area contributed by atoms with Crippen LogP contribution < -0.4 is 5.32 Å². The summed E-state index contributed by atoms with van der Waals surface area (Å²) in [6.45, 7) is 4.50. The summed E-state index contributed by atoms with van der Waals surface area (Å²) < 4.78 is 0. The molecule has 170 valence electrons. The number of carbonyl (C=O) groups excluding carboxylic acids is 1. The van der Waals surface area contributed by atoms with Crippen molar-refractivity contribution in [3.63, 3.8) is 0 Å². The van der Waals surface area contributed by atoms with Crippen LogP contribution in [0.4, 0.5) is 11.4 Å². The molecule has 2 aromatic rings. The first kappa shape index (κ1) is 20.0. The molecular formula is C30H28N2O2. The van der Waals surface area contributed by atoms with E-state index in [0.717, 1.165) is 72.5 Å². The molecule has 0 spiro atoms. The summed E-state index contributed by atoms with van der Waals surface area (Å²) in [4.78, 5) is 18.7. The fraction of sp³-hybridized carbons (Fsp3) is 0.333. The molecule has 4 nitrogen and oxygen atoms in total. The van der Waals surface area contributed by atoms with Crippen molar-refractivity contribution in [2.75, 3.05) is 5.32 Å². The van der Waals surface area contributed by atoms with Crippen LogP contribution in [0.3, 0.4) is 0 Å². The highest BCUT2D eigenvalue weighted by Crippen LogP contribution is 2.55. The zero-order chi connectivity index (χ0) is 23.2. The van der Waals surface area contributed by atoms with Gasteiger partial charge in [0, 0.05) is 22.2 Å². The Kier molecular flexibility index (Phi) is 3.88. The zero-order valence-electron chi connectivity index (χ0n) is 19.7. The number of Topliss-reactive ketones (excluding diaryl/α,β-unsaturated/α-hetero) is 1. The van der Waals surface area contributed by atoms with E-state index >= 15 is 0 Å². The number of nitrogens with zero attached hydrogens (tertiary/aromatic N) is 1. The molecule has 2 aliphatic heterocycles. The lowest BCUT2D eigenvalue weighted by molar-refractivity contribution is -0.113. The monoisotopic (exact) mass is 448 g/mol. The number of aliphatic hydroxyl groups excluding tert-OH is 1. The van der Waals surface area contributed by atoms with Gasteiger partial charge in [0.15, 0.2) is 0 Å². The van der Waals surface area contributed by atoms with Gasteiger partial charge < -0.3 is 10.4 Å². The van der Waals surface area contributed by atoms with Crippen LogP contribution in [-0.4, -0.2) is 16.6 Å². The number of benzene rings is 2. The van der Waals surface area contributed by atoms with Gasteiger partial charge in [-0.15, -0.1) is 0 Å². The highest BCUT2D eigenvalue weighted by Gasteiger charge is 2.50. The molecule has 2 unspecified atom stereocenters. The molecule has 3 aliphatic carbocycles. The number of ketones is 1. The van der Waals surface area contributed by atoms with Gasteiger partial charge >= 0.3 is 0 Å². The number of para-hydroxylation sites is 2. The minimum absolute atomic E-state index is 0.0140. The predicted molar refractivity (Wildman–Crippen MR) is 135 cm³/mol. The van der Waals surface area contributed by atoms with Crippen LogP contribution in [0, 0.1) is 0 Å². The van der Waals surface area contributed by atoms with E-state index < -0.39 is 0 Å². The Balaban J connectivity index is 1.36. The van der Waals surface area contributed by atoms with Crippen molar-refractivity contribution in [1.29, 1.82) is 0 Å². The number of fused-ring (bicyclic) bond motifs is 6. The van der Waals surface area contributed by atoms with E-state index in [-0.39, 0.29) is 22.4 Å². The quantitative estimate of drug-likeness (QED) is 0.476. The lowest BCUT2D eigenvalue weighted by Gasteiger charge is -2.38. The predicted octanol–water partition coefficient (Wildman–Crippen LogP) is 6.73. The Hall–Kier alpha value is -3.40. The van der Waals surface area contributed by atoms with Crippen molar-refractivity contribution in [2.45, 2.75) is 63.2 Å². The molecule has 2 atom stereocenters. The van der Waals surface area contributed by atoms with Crippen molar-refractivity contribution in [3.8, 4) is 0 Å². The maximum Gasteiger partial charge on any atom is 0.201 e. The molecule has 7 rings (SSSR count). The van der Waals surface area contributed by atoms with Crippen LogP contribution in [0.5, 0.6) is 0 Å². The van der Waals surface area contributed by atoms with Gasteiger partial charge in [-0.3, -0.25) is 9.79 Å². The second-order valence-corrected chi connectivity index (χ2v) is 10.8. The molecule has 0 amide bonds. The third kappa shape index (κ3) is 2.33. The van der Waals surface area contributed by atoms with Crippen LogP contribution in [0.25, 0.3) is 0 Å². The van der Waals surface area contributed by atoms with Crippen LogP contribution in [-0.2, 0) is 15.6 Å². The number of hydrogen-bond donors (Lipinski definition) is 2. The average Bonchev–Trinajstić information content (AvgIpc) is 3.32. The number of aliphatic hydroxyl groups is 1. The van der Waals surface area contributed by atoms with Gasteiger partial charge in [-0.2, -0.15) is 0 Å². The topological polar surface area (TPSA) is 61.7 Å². The van der Waals surface area contributed by atoms with Crippen molar-refractivity contribution < 1.29 is 9.90 Å². The van der Waals surface area contributed by atoms with Crippen molar-refractivity contribution in [2.24, 2.45) is 4.99 Å². The number of aliphatic imine (C=N–C) groups is 1. The molecule has 1 fully saturated rings. The van der Waals surface area contributed by atoms with Gasteiger partial charge in [0.25, 0.3) is 0 Å². The summed E-state index contributed by atoms with van der Waals surface area (Å²) in [5.41, 5.74) is 9.35. The van der Waals surface area contributed by atoms with E-state index in [9.17, 15) is 9.90 Å². The smallest absolute Gasteiger partial charge is 0.201 e. The summed E-state index contributed by atoms with van der Waals surface area (Å²) in [5.74, 6) is 0.160. The van der Waals surface area contributed by atoms with Gasteiger partial charge in [0.2, 0.25) is 5.78 Å². The number of allylic oxidation sites excluding steroid dienone is 5. The molecule has 4 heteroatoms. The molecule has 0 saturated heterocycles. The SMILES string of the molecule is CC12CCC/C(=C3/C(=O)C(C4=C5Nc6ccccc6C5(C)CCC4)=C3O)C1=Nc1ccccc12. The van der Waals surface area contributed by atoms with Crippen molar-refractivity contribution in [3.05, 3.63) is 93.4 Å². The third-order valence-electron chi connectivity index (χ3n) is 8.91. The zero-order valence-corrected chi connectivity index (χ0v) is 19.7. The molecule has 2 N–H and O–H groups in total. The van der Waals surface area contributed by atoms with Gasteiger partial charge in [-0.05, 0) is 86.8 Å². The highest BCUT2D eigenvalue weighted by molar-refractivity contribution is 6.27. The molecule has 0 radical (unpaired) electrons. The van der Waals surface area contributed by atoms with Gasteiger partial charge in [0.1, 0.15) is 5.76 Å². The summed E-state index contributed by atoms with van der Waals surface area (Å²) in [5, 5.41) is 15.0. The Morgan fingerprint density at radius 2 is 1.53 bits per heavy atom. The molecular weight excluding hydrogens is 420 g/mol. The molecule has 0 aromatic heterocycles. The van der Waals surface area contributed by atoms with Crippen LogP contribution >= 0.6 is 0 Å². The number of carbonyl (C=O) groups is 1. The normalized spacial score (nSPS) is 31.4. The first-order valence-electron chi connectivity index (χ1n) is 12.4. The summed E-state index contributed by atoms with van der Waals surface area (Å²) >= 11 is 0. The average molecular weight is 449 g/mol. The first-order chi connectivity index (χ1) is 16.4. The van der Waals surface area contributed by atoms with E-state index in [1.54, 1.807) is 0 Å².